The van der Waals surface area contributed by atoms with E-state index in [1.54, 1.807) is 0 Å². The predicted molar refractivity (Wildman–Crippen MR) is 133 cm³/mol. The van der Waals surface area contributed by atoms with Gasteiger partial charge in [0, 0.05) is 0 Å². The van der Waals surface area contributed by atoms with Crippen molar-refractivity contribution >= 4 is 0 Å². The van der Waals surface area contributed by atoms with Crippen molar-refractivity contribution in [1.82, 2.24) is 0 Å². The second-order valence-corrected chi connectivity index (χ2v) is 10.8. The van der Waals surface area contributed by atoms with E-state index in [9.17, 15) is 0 Å². The maximum absolute atomic E-state index is 2.48. The summed E-state index contributed by atoms with van der Waals surface area (Å²) in [7, 11) is 0. The predicted octanol–water partition coefficient (Wildman–Crippen LogP) is 9.20. The molecule has 0 bridgehead atoms. The molecule has 0 fully saturated rings. The zero-order valence-electron chi connectivity index (χ0n) is 21.6. The number of benzene rings is 2. The van der Waals surface area contributed by atoms with Crippen LogP contribution in [0.3, 0.4) is 0 Å². The highest BCUT2D eigenvalue weighted by Gasteiger charge is 2.33. The van der Waals surface area contributed by atoms with Gasteiger partial charge in [0.15, 0.2) is 0 Å². The van der Waals surface area contributed by atoms with Gasteiger partial charge in [-0.15, -0.1) is 0 Å². The molecule has 29 heavy (non-hydrogen) atoms. The molecule has 2 aromatic carbocycles. The highest BCUT2D eigenvalue weighted by molar-refractivity contribution is 5.84. The van der Waals surface area contributed by atoms with Gasteiger partial charge in [-0.05, 0) is 61.6 Å². The highest BCUT2D eigenvalue weighted by atomic mass is 14.4. The lowest BCUT2D eigenvalue weighted by Gasteiger charge is -2.30. The van der Waals surface area contributed by atoms with Gasteiger partial charge in [0.25, 0.3) is 0 Å². The van der Waals surface area contributed by atoms with E-state index in [0.717, 1.165) is 6.42 Å². The van der Waals surface area contributed by atoms with Crippen LogP contribution in [0.1, 0.15) is 118 Å². The highest BCUT2D eigenvalue weighted by Crippen LogP contribution is 2.48. The molecule has 0 amide bonds. The Bertz CT molecular complexity index is 815. The molecular formula is C29H46. The first-order valence-electron chi connectivity index (χ1n) is 11.6. The van der Waals surface area contributed by atoms with Crippen molar-refractivity contribution in [3.63, 3.8) is 0 Å². The monoisotopic (exact) mass is 394 g/mol. The maximum Gasteiger partial charge on any atom is -0.00131 e. The summed E-state index contributed by atoms with van der Waals surface area (Å²) in [5.41, 5.74) is 11.0. The third-order valence-electron chi connectivity index (χ3n) is 5.48. The summed E-state index contributed by atoms with van der Waals surface area (Å²) in [6, 6.07) is 11.9. The van der Waals surface area contributed by atoms with Crippen molar-refractivity contribution in [3.8, 4) is 11.1 Å². The van der Waals surface area contributed by atoms with E-state index in [-0.39, 0.29) is 16.2 Å². The first kappa shape index (κ1) is 25.5. The van der Waals surface area contributed by atoms with Gasteiger partial charge >= 0.3 is 0 Å². The number of hydrogen-bond acceptors (Lipinski definition) is 0. The molecule has 2 aromatic rings. The first-order valence-corrected chi connectivity index (χ1v) is 11.6. The molecular weight excluding hydrogens is 348 g/mol. The molecule has 0 spiro atoms. The molecule has 1 aliphatic carbocycles. The molecule has 1 aliphatic rings. The van der Waals surface area contributed by atoms with Gasteiger partial charge in [0.1, 0.15) is 0 Å². The smallest absolute Gasteiger partial charge is 0.00131 e. The Labute approximate surface area is 182 Å². The van der Waals surface area contributed by atoms with E-state index < -0.39 is 0 Å². The molecule has 0 saturated carbocycles. The SMILES string of the molecule is CC.CC.CC(C)(C)c1cc2c(c(C(C)(C)C)c1)-c1c(cccc1C(C)(C)C)C2. The van der Waals surface area contributed by atoms with Crippen LogP contribution in [-0.4, -0.2) is 0 Å². The van der Waals surface area contributed by atoms with Crippen molar-refractivity contribution < 1.29 is 0 Å². The minimum absolute atomic E-state index is 0.137. The van der Waals surface area contributed by atoms with Crippen molar-refractivity contribution in [3.05, 3.63) is 58.1 Å². The van der Waals surface area contributed by atoms with E-state index in [1.165, 1.54) is 38.9 Å². The van der Waals surface area contributed by atoms with Gasteiger partial charge in [-0.3, -0.25) is 0 Å². The molecule has 0 saturated heterocycles. The van der Waals surface area contributed by atoms with Crippen molar-refractivity contribution in [2.45, 2.75) is 113 Å². The summed E-state index contributed by atoms with van der Waals surface area (Å²) in [5.74, 6) is 0. The standard InChI is InChI=1S/C25H34.2C2H6/c1-23(2,3)18-14-17-13-16-11-10-12-19(24(4,5)6)21(16)22(17)20(15-18)25(7,8)9;2*1-2/h10-12,14-15H,13H2,1-9H3;2*1-2H3. The fourth-order valence-electron chi connectivity index (χ4n) is 4.03. The van der Waals surface area contributed by atoms with E-state index in [0.29, 0.717) is 0 Å². The van der Waals surface area contributed by atoms with Gasteiger partial charge in [0.05, 0.1) is 0 Å². The fourth-order valence-corrected chi connectivity index (χ4v) is 4.03. The summed E-state index contributed by atoms with van der Waals surface area (Å²) >= 11 is 0. The normalized spacial score (nSPS) is 12.9. The first-order chi connectivity index (χ1) is 13.3. The summed E-state index contributed by atoms with van der Waals surface area (Å²) in [5, 5.41) is 0. The quantitative estimate of drug-likeness (QED) is 0.356. The summed E-state index contributed by atoms with van der Waals surface area (Å²) < 4.78 is 0. The van der Waals surface area contributed by atoms with Crippen LogP contribution >= 0.6 is 0 Å². The van der Waals surface area contributed by atoms with Crippen molar-refractivity contribution in [2.24, 2.45) is 0 Å². The Balaban J connectivity index is 0.000000989. The second-order valence-electron chi connectivity index (χ2n) is 10.8. The van der Waals surface area contributed by atoms with Crippen molar-refractivity contribution in [2.75, 3.05) is 0 Å². The molecule has 0 aromatic heterocycles. The van der Waals surface area contributed by atoms with Crippen LogP contribution in [0.5, 0.6) is 0 Å². The van der Waals surface area contributed by atoms with Gasteiger partial charge in [-0.1, -0.05) is 120 Å². The third-order valence-corrected chi connectivity index (χ3v) is 5.48. The summed E-state index contributed by atoms with van der Waals surface area (Å²) in [4.78, 5) is 0. The molecule has 0 heteroatoms. The Morgan fingerprint density at radius 2 is 1.03 bits per heavy atom. The van der Waals surface area contributed by atoms with Crippen LogP contribution < -0.4 is 0 Å². The molecule has 0 nitrogen and oxygen atoms in total. The molecule has 0 aliphatic heterocycles. The van der Waals surface area contributed by atoms with Crippen LogP contribution in [0.2, 0.25) is 0 Å². The number of rotatable bonds is 0. The van der Waals surface area contributed by atoms with E-state index in [4.69, 9.17) is 0 Å². The number of hydrogen-bond donors (Lipinski definition) is 0. The van der Waals surface area contributed by atoms with Gasteiger partial charge in [0.2, 0.25) is 0 Å². The number of fused-ring (bicyclic) bond motifs is 3. The van der Waals surface area contributed by atoms with Gasteiger partial charge in [-0.25, -0.2) is 0 Å². The Hall–Kier alpha value is -1.56. The van der Waals surface area contributed by atoms with E-state index >= 15 is 0 Å². The Morgan fingerprint density at radius 3 is 1.48 bits per heavy atom. The largest absolute Gasteiger partial charge is 0.0683 e. The molecule has 0 unspecified atom stereocenters. The van der Waals surface area contributed by atoms with Crippen LogP contribution in [-0.2, 0) is 22.7 Å². The molecule has 0 heterocycles. The van der Waals surface area contributed by atoms with Crippen LogP contribution in [0, 0.1) is 0 Å². The minimum atomic E-state index is 0.137. The lowest BCUT2D eigenvalue weighted by atomic mass is 9.74. The molecule has 3 rings (SSSR count). The zero-order valence-corrected chi connectivity index (χ0v) is 21.6. The molecule has 0 atom stereocenters. The van der Waals surface area contributed by atoms with Gasteiger partial charge in [-0.2, -0.15) is 0 Å². The van der Waals surface area contributed by atoms with Crippen molar-refractivity contribution in [1.29, 1.82) is 0 Å². The van der Waals surface area contributed by atoms with Crippen LogP contribution in [0.4, 0.5) is 0 Å². The fraction of sp³-hybridized carbons (Fsp3) is 0.586. The topological polar surface area (TPSA) is 0 Å². The maximum atomic E-state index is 2.48. The summed E-state index contributed by atoms with van der Waals surface area (Å²) in [6.07, 6.45) is 1.07. The molecule has 0 N–H and O–H groups in total. The Morgan fingerprint density at radius 1 is 0.552 bits per heavy atom. The average molecular weight is 395 g/mol. The lowest BCUT2D eigenvalue weighted by Crippen LogP contribution is -2.19. The minimum Gasteiger partial charge on any atom is -0.0683 e. The Kier molecular flexibility index (Phi) is 7.97. The van der Waals surface area contributed by atoms with E-state index in [2.05, 4.69) is 92.6 Å². The van der Waals surface area contributed by atoms with Crippen LogP contribution in [0.25, 0.3) is 11.1 Å². The van der Waals surface area contributed by atoms with Gasteiger partial charge < -0.3 is 0 Å². The summed E-state index contributed by atoms with van der Waals surface area (Å²) in [6.45, 7) is 29.0. The average Bonchev–Trinajstić information content (AvgIpc) is 3.00. The van der Waals surface area contributed by atoms with E-state index in [1.807, 2.05) is 27.7 Å². The van der Waals surface area contributed by atoms with Crippen LogP contribution in [0.15, 0.2) is 30.3 Å². The zero-order chi connectivity index (χ0) is 22.8. The second kappa shape index (κ2) is 9.07. The molecule has 0 radical (unpaired) electrons. The molecule has 162 valence electrons. The third kappa shape index (κ3) is 5.33. The lowest BCUT2D eigenvalue weighted by molar-refractivity contribution is 0.568.